The van der Waals surface area contributed by atoms with Crippen LogP contribution in [0.25, 0.3) is 0 Å². The van der Waals surface area contributed by atoms with Crippen molar-refractivity contribution in [3.05, 3.63) is 22.9 Å². The topological polar surface area (TPSA) is 54.0 Å². The molecule has 0 spiro atoms. The lowest BCUT2D eigenvalue weighted by molar-refractivity contribution is -0.122. The molecule has 1 amide bonds. The maximum absolute atomic E-state index is 12.5. The predicted octanol–water partition coefficient (Wildman–Crippen LogP) is 2.70. The van der Waals surface area contributed by atoms with Crippen molar-refractivity contribution in [1.82, 2.24) is 10.3 Å². The highest BCUT2D eigenvalue weighted by Crippen LogP contribution is 2.28. The molecule has 1 aromatic heterocycles. The van der Waals surface area contributed by atoms with Gasteiger partial charge in [0.2, 0.25) is 5.91 Å². The number of nitrogens with one attached hydrogen (secondary N) is 2. The fourth-order valence-electron chi connectivity index (χ4n) is 2.47. The molecule has 2 heterocycles. The van der Waals surface area contributed by atoms with Crippen LogP contribution in [0.5, 0.6) is 0 Å². The summed E-state index contributed by atoms with van der Waals surface area (Å²) in [5.74, 6) is 0.0637. The van der Waals surface area contributed by atoms with E-state index < -0.39 is 5.54 Å². The fraction of sp³-hybridized carbons (Fsp3) is 0.538. The first kappa shape index (κ1) is 13.5. The summed E-state index contributed by atoms with van der Waals surface area (Å²) in [4.78, 5) is 16.5. The zero-order valence-electron chi connectivity index (χ0n) is 10.5. The Bertz CT molecular complexity index is 430. The molecule has 5 heteroatoms. The Morgan fingerprint density at radius 2 is 2.50 bits per heavy atom. The number of nitrogens with zero attached hydrogens (tertiary/aromatic N) is 1. The Kier molecular flexibility index (Phi) is 4.35. The molecule has 4 nitrogen and oxygen atoms in total. The minimum Gasteiger partial charge on any atom is -0.323 e. The molecule has 1 unspecified atom stereocenters. The highest BCUT2D eigenvalue weighted by molar-refractivity contribution is 9.10. The van der Waals surface area contributed by atoms with Crippen LogP contribution in [0, 0.1) is 0 Å². The number of carbonyl (C=O) groups excluding carboxylic acids is 1. The van der Waals surface area contributed by atoms with E-state index in [1.54, 1.807) is 18.5 Å². The van der Waals surface area contributed by atoms with E-state index in [0.717, 1.165) is 42.4 Å². The summed E-state index contributed by atoms with van der Waals surface area (Å²) in [6.45, 7) is 3.03. The van der Waals surface area contributed by atoms with E-state index >= 15 is 0 Å². The summed E-state index contributed by atoms with van der Waals surface area (Å²) in [7, 11) is 0. The zero-order chi connectivity index (χ0) is 13.0. The first-order chi connectivity index (χ1) is 8.68. The Morgan fingerprint density at radius 1 is 1.67 bits per heavy atom. The summed E-state index contributed by atoms with van der Waals surface area (Å²) in [5, 5.41) is 6.36. The molecule has 2 rings (SSSR count). The van der Waals surface area contributed by atoms with E-state index in [4.69, 9.17) is 0 Å². The molecule has 0 bridgehead atoms. The smallest absolute Gasteiger partial charge is 0.244 e. The Labute approximate surface area is 116 Å². The van der Waals surface area contributed by atoms with Gasteiger partial charge < -0.3 is 10.6 Å². The summed E-state index contributed by atoms with van der Waals surface area (Å²) in [5.41, 5.74) is 0.386. The van der Waals surface area contributed by atoms with Crippen LogP contribution in [-0.4, -0.2) is 23.0 Å². The normalized spacial score (nSPS) is 23.0. The summed E-state index contributed by atoms with van der Waals surface area (Å²) in [6.07, 6.45) is 7.21. The number of amides is 1. The van der Waals surface area contributed by atoms with Gasteiger partial charge in [0, 0.05) is 12.4 Å². The SMILES string of the molecule is CCCC1(C(=O)Nc2ccncc2Br)CCCN1. The number of hydrogen-bond acceptors (Lipinski definition) is 3. The Balaban J connectivity index is 2.13. The molecule has 1 atom stereocenters. The maximum Gasteiger partial charge on any atom is 0.244 e. The van der Waals surface area contributed by atoms with Crippen LogP contribution in [0.15, 0.2) is 22.9 Å². The molecular weight excluding hydrogens is 294 g/mol. The predicted molar refractivity (Wildman–Crippen MR) is 75.4 cm³/mol. The molecule has 0 aromatic carbocycles. The molecule has 1 saturated heterocycles. The average Bonchev–Trinajstić information content (AvgIpc) is 2.82. The average molecular weight is 312 g/mol. The van der Waals surface area contributed by atoms with Gasteiger partial charge in [-0.25, -0.2) is 0 Å². The molecule has 0 saturated carbocycles. The van der Waals surface area contributed by atoms with E-state index in [-0.39, 0.29) is 5.91 Å². The van der Waals surface area contributed by atoms with Crippen LogP contribution in [-0.2, 0) is 4.79 Å². The van der Waals surface area contributed by atoms with Crippen molar-refractivity contribution in [2.24, 2.45) is 0 Å². The molecule has 18 heavy (non-hydrogen) atoms. The number of pyridine rings is 1. The van der Waals surface area contributed by atoms with Crippen molar-refractivity contribution in [2.75, 3.05) is 11.9 Å². The van der Waals surface area contributed by atoms with E-state index in [1.165, 1.54) is 0 Å². The quantitative estimate of drug-likeness (QED) is 0.899. The Hall–Kier alpha value is -0.940. The number of carbonyl (C=O) groups is 1. The van der Waals surface area contributed by atoms with Crippen LogP contribution >= 0.6 is 15.9 Å². The fourth-order valence-corrected chi connectivity index (χ4v) is 2.82. The summed E-state index contributed by atoms with van der Waals surface area (Å²) in [6, 6.07) is 1.80. The molecule has 1 aliphatic heterocycles. The first-order valence-electron chi connectivity index (χ1n) is 6.34. The second-order valence-corrected chi connectivity index (χ2v) is 5.53. The van der Waals surface area contributed by atoms with Gasteiger partial charge in [-0.2, -0.15) is 0 Å². The van der Waals surface area contributed by atoms with E-state index in [0.29, 0.717) is 0 Å². The third-order valence-corrected chi connectivity index (χ3v) is 4.01. The van der Waals surface area contributed by atoms with Crippen molar-refractivity contribution in [3.8, 4) is 0 Å². The van der Waals surface area contributed by atoms with Gasteiger partial charge in [0.15, 0.2) is 0 Å². The van der Waals surface area contributed by atoms with Crippen molar-refractivity contribution in [1.29, 1.82) is 0 Å². The number of rotatable bonds is 4. The standard InChI is InChI=1S/C13H18BrN3O/c1-2-5-13(6-3-7-16-13)12(18)17-11-4-8-15-9-10(11)14/h4,8-9,16H,2-3,5-7H2,1H3,(H,15,17,18). The van der Waals surface area contributed by atoms with Gasteiger partial charge in [0.05, 0.1) is 15.7 Å². The van der Waals surface area contributed by atoms with Gasteiger partial charge in [0.1, 0.15) is 0 Å². The van der Waals surface area contributed by atoms with Crippen molar-refractivity contribution < 1.29 is 4.79 Å². The van der Waals surface area contributed by atoms with Gasteiger partial charge in [-0.05, 0) is 47.8 Å². The third-order valence-electron chi connectivity index (χ3n) is 3.38. The highest BCUT2D eigenvalue weighted by Gasteiger charge is 2.39. The van der Waals surface area contributed by atoms with Gasteiger partial charge >= 0.3 is 0 Å². The number of anilines is 1. The van der Waals surface area contributed by atoms with Crippen molar-refractivity contribution in [2.45, 2.75) is 38.1 Å². The zero-order valence-corrected chi connectivity index (χ0v) is 12.1. The van der Waals surface area contributed by atoms with E-state index in [1.807, 2.05) is 0 Å². The lowest BCUT2D eigenvalue weighted by Crippen LogP contribution is -2.50. The van der Waals surface area contributed by atoms with Gasteiger partial charge in [0.25, 0.3) is 0 Å². The van der Waals surface area contributed by atoms with Crippen LogP contribution in [0.2, 0.25) is 0 Å². The second-order valence-electron chi connectivity index (χ2n) is 4.67. The molecule has 2 N–H and O–H groups in total. The monoisotopic (exact) mass is 311 g/mol. The molecule has 1 aromatic rings. The van der Waals surface area contributed by atoms with E-state index in [9.17, 15) is 4.79 Å². The molecule has 1 aliphatic rings. The first-order valence-corrected chi connectivity index (χ1v) is 7.13. The summed E-state index contributed by atoms with van der Waals surface area (Å²) >= 11 is 3.39. The van der Waals surface area contributed by atoms with Crippen LogP contribution < -0.4 is 10.6 Å². The molecule has 0 radical (unpaired) electrons. The second kappa shape index (κ2) is 5.80. The lowest BCUT2D eigenvalue weighted by atomic mass is 9.91. The van der Waals surface area contributed by atoms with E-state index in [2.05, 4.69) is 38.5 Å². The van der Waals surface area contributed by atoms with Gasteiger partial charge in [-0.3, -0.25) is 9.78 Å². The molecule has 0 aliphatic carbocycles. The highest BCUT2D eigenvalue weighted by atomic mass is 79.9. The van der Waals surface area contributed by atoms with Crippen molar-refractivity contribution in [3.63, 3.8) is 0 Å². The third kappa shape index (κ3) is 2.72. The minimum atomic E-state index is -0.391. The molecule has 1 fully saturated rings. The number of halogens is 1. The lowest BCUT2D eigenvalue weighted by Gasteiger charge is -2.28. The number of aromatic nitrogens is 1. The maximum atomic E-state index is 12.5. The Morgan fingerprint density at radius 3 is 3.11 bits per heavy atom. The van der Waals surface area contributed by atoms with Crippen LogP contribution in [0.3, 0.4) is 0 Å². The van der Waals surface area contributed by atoms with Crippen LogP contribution in [0.1, 0.15) is 32.6 Å². The molecule has 98 valence electrons. The summed E-state index contributed by atoms with van der Waals surface area (Å²) < 4.78 is 0.808. The minimum absolute atomic E-state index is 0.0637. The molecular formula is C13H18BrN3O. The number of hydrogen-bond donors (Lipinski definition) is 2. The van der Waals surface area contributed by atoms with Gasteiger partial charge in [-0.15, -0.1) is 0 Å². The van der Waals surface area contributed by atoms with Crippen LogP contribution in [0.4, 0.5) is 5.69 Å². The van der Waals surface area contributed by atoms with Crippen molar-refractivity contribution >= 4 is 27.5 Å². The largest absolute Gasteiger partial charge is 0.323 e. The van der Waals surface area contributed by atoms with Gasteiger partial charge in [-0.1, -0.05) is 13.3 Å².